The van der Waals surface area contributed by atoms with Crippen LogP contribution in [0.1, 0.15) is 23.7 Å². The maximum Gasteiger partial charge on any atom is 0.341 e. The van der Waals surface area contributed by atoms with Gasteiger partial charge in [0.05, 0.1) is 18.0 Å². The number of carbonyl (C=O) groups is 1. The number of benzene rings is 1. The van der Waals surface area contributed by atoms with Gasteiger partial charge < -0.3 is 14.4 Å². The van der Waals surface area contributed by atoms with Crippen molar-refractivity contribution >= 4 is 16.9 Å². The maximum atomic E-state index is 12.1. The molecule has 2 rings (SSSR count). The van der Waals surface area contributed by atoms with Gasteiger partial charge >= 0.3 is 5.97 Å². The van der Waals surface area contributed by atoms with Gasteiger partial charge in [0.15, 0.2) is 0 Å². The smallest absolute Gasteiger partial charge is 0.341 e. The summed E-state index contributed by atoms with van der Waals surface area (Å²) in [6, 6.07) is 5.07. The highest BCUT2D eigenvalue weighted by Gasteiger charge is 2.16. The molecule has 19 heavy (non-hydrogen) atoms. The molecule has 0 aliphatic rings. The SMILES string of the molecule is CCCn1cc(C(=O)O)c(=O)c2cccc(OC)c21. The number of hydrogen-bond donors (Lipinski definition) is 1. The molecule has 0 spiro atoms. The van der Waals surface area contributed by atoms with Crippen molar-refractivity contribution < 1.29 is 14.6 Å². The summed E-state index contributed by atoms with van der Waals surface area (Å²) in [6.45, 7) is 2.61. The molecule has 0 fully saturated rings. The zero-order valence-electron chi connectivity index (χ0n) is 10.8. The summed E-state index contributed by atoms with van der Waals surface area (Å²) in [7, 11) is 1.53. The first kappa shape index (κ1) is 13.1. The molecule has 5 nitrogen and oxygen atoms in total. The molecule has 0 radical (unpaired) electrons. The van der Waals surface area contributed by atoms with Crippen molar-refractivity contribution in [3.8, 4) is 5.75 Å². The molecule has 1 aromatic carbocycles. The highest BCUT2D eigenvalue weighted by atomic mass is 16.5. The van der Waals surface area contributed by atoms with Gasteiger partial charge in [-0.3, -0.25) is 4.79 Å². The van der Waals surface area contributed by atoms with Crippen molar-refractivity contribution in [2.45, 2.75) is 19.9 Å². The summed E-state index contributed by atoms with van der Waals surface area (Å²) < 4.78 is 7.03. The maximum absolute atomic E-state index is 12.1. The van der Waals surface area contributed by atoms with Gasteiger partial charge in [0.25, 0.3) is 0 Å². The number of ether oxygens (including phenoxy) is 1. The summed E-state index contributed by atoms with van der Waals surface area (Å²) in [6.07, 6.45) is 2.22. The topological polar surface area (TPSA) is 68.5 Å². The molecule has 0 atom stereocenters. The van der Waals surface area contributed by atoms with Gasteiger partial charge in [-0.1, -0.05) is 13.0 Å². The quantitative estimate of drug-likeness (QED) is 0.915. The number of hydrogen-bond acceptors (Lipinski definition) is 3. The van der Waals surface area contributed by atoms with Crippen LogP contribution in [0, 0.1) is 0 Å². The minimum absolute atomic E-state index is 0.214. The molecule has 5 heteroatoms. The number of rotatable bonds is 4. The van der Waals surface area contributed by atoms with Gasteiger partial charge in [0.2, 0.25) is 5.43 Å². The van der Waals surface area contributed by atoms with Crippen LogP contribution in [0.2, 0.25) is 0 Å². The molecule has 2 aromatic rings. The number of aromatic nitrogens is 1. The fourth-order valence-electron chi connectivity index (χ4n) is 2.16. The van der Waals surface area contributed by atoms with Gasteiger partial charge in [-0.25, -0.2) is 4.79 Å². The van der Waals surface area contributed by atoms with Crippen molar-refractivity contribution in [1.29, 1.82) is 0 Å². The third kappa shape index (κ3) is 2.19. The van der Waals surface area contributed by atoms with Gasteiger partial charge in [-0.2, -0.15) is 0 Å². The second-order valence-corrected chi connectivity index (χ2v) is 4.23. The summed E-state index contributed by atoms with van der Waals surface area (Å²) >= 11 is 0. The van der Waals surface area contributed by atoms with E-state index in [1.54, 1.807) is 22.8 Å². The number of fused-ring (bicyclic) bond motifs is 1. The zero-order valence-corrected chi connectivity index (χ0v) is 10.8. The summed E-state index contributed by atoms with van der Waals surface area (Å²) in [4.78, 5) is 23.3. The molecule has 1 heterocycles. The Morgan fingerprint density at radius 1 is 1.42 bits per heavy atom. The largest absolute Gasteiger partial charge is 0.495 e. The highest BCUT2D eigenvalue weighted by Crippen LogP contribution is 2.24. The Morgan fingerprint density at radius 2 is 2.16 bits per heavy atom. The minimum atomic E-state index is -1.21. The van der Waals surface area contributed by atoms with E-state index in [2.05, 4.69) is 0 Å². The van der Waals surface area contributed by atoms with Crippen molar-refractivity contribution in [3.05, 3.63) is 40.2 Å². The molecule has 100 valence electrons. The molecule has 0 amide bonds. The molecule has 0 saturated heterocycles. The fourth-order valence-corrected chi connectivity index (χ4v) is 2.16. The van der Waals surface area contributed by atoms with Crippen molar-refractivity contribution in [1.82, 2.24) is 4.57 Å². The van der Waals surface area contributed by atoms with Gasteiger partial charge in [0.1, 0.15) is 11.3 Å². The van der Waals surface area contributed by atoms with Crippen LogP contribution in [-0.2, 0) is 6.54 Å². The predicted octanol–water partition coefficient (Wildman–Crippen LogP) is 2.12. The second-order valence-electron chi connectivity index (χ2n) is 4.23. The highest BCUT2D eigenvalue weighted by molar-refractivity contribution is 5.94. The lowest BCUT2D eigenvalue weighted by atomic mass is 10.1. The first-order valence-corrected chi connectivity index (χ1v) is 6.03. The Kier molecular flexibility index (Phi) is 3.55. The average Bonchev–Trinajstić information content (AvgIpc) is 2.41. The number of nitrogens with zero attached hydrogens (tertiary/aromatic N) is 1. The van der Waals surface area contributed by atoms with Crippen LogP contribution >= 0.6 is 0 Å². The number of aryl methyl sites for hydroxylation is 1. The fraction of sp³-hybridized carbons (Fsp3) is 0.286. The lowest BCUT2D eigenvalue weighted by Crippen LogP contribution is -2.19. The molecule has 1 N–H and O–H groups in total. The molecule has 1 aromatic heterocycles. The zero-order chi connectivity index (χ0) is 14.0. The molecular formula is C14H15NO4. The summed E-state index contributed by atoms with van der Waals surface area (Å²) in [5.74, 6) is -0.639. The van der Waals surface area contributed by atoms with Crippen LogP contribution in [0.15, 0.2) is 29.2 Å². The van der Waals surface area contributed by atoms with Crippen LogP contribution in [0.4, 0.5) is 0 Å². The number of methoxy groups -OCH3 is 1. The third-order valence-corrected chi connectivity index (χ3v) is 2.98. The van der Waals surface area contributed by atoms with E-state index in [9.17, 15) is 9.59 Å². The van der Waals surface area contributed by atoms with Crippen LogP contribution in [-0.4, -0.2) is 22.8 Å². The van der Waals surface area contributed by atoms with E-state index in [-0.39, 0.29) is 5.56 Å². The molecule has 0 aliphatic carbocycles. The molecule has 0 unspecified atom stereocenters. The average molecular weight is 261 g/mol. The first-order chi connectivity index (χ1) is 9.10. The number of carboxylic acid groups (broad SMARTS) is 1. The third-order valence-electron chi connectivity index (χ3n) is 2.98. The van der Waals surface area contributed by atoms with Crippen LogP contribution < -0.4 is 10.2 Å². The van der Waals surface area contributed by atoms with Gasteiger partial charge in [0, 0.05) is 12.7 Å². The number of carboxylic acids is 1. The van der Waals surface area contributed by atoms with E-state index in [4.69, 9.17) is 9.84 Å². The van der Waals surface area contributed by atoms with Crippen LogP contribution in [0.5, 0.6) is 5.75 Å². The first-order valence-electron chi connectivity index (χ1n) is 6.03. The molecule has 0 aliphatic heterocycles. The number of para-hydroxylation sites is 1. The number of pyridine rings is 1. The van der Waals surface area contributed by atoms with E-state index < -0.39 is 11.4 Å². The number of aromatic carboxylic acids is 1. The van der Waals surface area contributed by atoms with Crippen LogP contribution in [0.3, 0.4) is 0 Å². The Hall–Kier alpha value is -2.30. The Morgan fingerprint density at radius 3 is 2.74 bits per heavy atom. The Labute approximate surface area is 110 Å². The van der Waals surface area contributed by atoms with E-state index in [1.807, 2.05) is 6.92 Å². The Balaban J connectivity index is 2.92. The molecular weight excluding hydrogens is 246 g/mol. The van der Waals surface area contributed by atoms with E-state index >= 15 is 0 Å². The lowest BCUT2D eigenvalue weighted by molar-refractivity contribution is 0.0695. The Bertz CT molecular complexity index is 688. The van der Waals surface area contributed by atoms with Gasteiger partial charge in [-0.05, 0) is 18.6 Å². The second kappa shape index (κ2) is 5.14. The predicted molar refractivity (Wildman–Crippen MR) is 72.0 cm³/mol. The van der Waals surface area contributed by atoms with E-state index in [0.29, 0.717) is 23.2 Å². The van der Waals surface area contributed by atoms with Crippen molar-refractivity contribution in [2.75, 3.05) is 7.11 Å². The van der Waals surface area contributed by atoms with Crippen molar-refractivity contribution in [3.63, 3.8) is 0 Å². The monoisotopic (exact) mass is 261 g/mol. The summed E-state index contributed by atoms with van der Waals surface area (Å²) in [5.41, 5.74) is -0.0511. The lowest BCUT2D eigenvalue weighted by Gasteiger charge is -2.14. The van der Waals surface area contributed by atoms with E-state index in [1.165, 1.54) is 13.3 Å². The summed E-state index contributed by atoms with van der Waals surface area (Å²) in [5, 5.41) is 9.47. The standard InChI is InChI=1S/C14H15NO4/c1-3-7-15-8-10(14(17)18)13(16)9-5-4-6-11(19-2)12(9)15/h4-6,8H,3,7H2,1-2H3,(H,17,18). The minimum Gasteiger partial charge on any atom is -0.495 e. The van der Waals surface area contributed by atoms with Crippen molar-refractivity contribution in [2.24, 2.45) is 0 Å². The molecule has 0 bridgehead atoms. The van der Waals surface area contributed by atoms with Gasteiger partial charge in [-0.15, -0.1) is 0 Å². The normalized spacial score (nSPS) is 10.6. The van der Waals surface area contributed by atoms with Crippen LogP contribution in [0.25, 0.3) is 10.9 Å². The van der Waals surface area contributed by atoms with E-state index in [0.717, 1.165) is 6.42 Å². The molecule has 0 saturated carbocycles.